The van der Waals surface area contributed by atoms with Crippen molar-refractivity contribution in [2.24, 2.45) is 5.10 Å². The summed E-state index contributed by atoms with van der Waals surface area (Å²) in [7, 11) is 0. The third-order valence-corrected chi connectivity index (χ3v) is 4.79. The lowest BCUT2D eigenvalue weighted by Gasteiger charge is -2.46. The molecule has 1 amide bonds. The first-order valence-corrected chi connectivity index (χ1v) is 9.43. The number of rotatable bonds is 4. The van der Waals surface area contributed by atoms with E-state index in [1.54, 1.807) is 6.21 Å². The van der Waals surface area contributed by atoms with Gasteiger partial charge >= 0.3 is 5.56 Å². The predicted molar refractivity (Wildman–Crippen MR) is 109 cm³/mol. The summed E-state index contributed by atoms with van der Waals surface area (Å²) >= 11 is 0. The van der Waals surface area contributed by atoms with Gasteiger partial charge in [-0.3, -0.25) is 9.59 Å². The van der Waals surface area contributed by atoms with Crippen LogP contribution in [0.3, 0.4) is 0 Å². The van der Waals surface area contributed by atoms with Crippen molar-refractivity contribution in [1.29, 1.82) is 0 Å². The molecule has 2 heterocycles. The molecule has 8 heteroatoms. The zero-order valence-electron chi connectivity index (χ0n) is 17.0. The molecule has 3 rings (SSSR count). The molecule has 2 aromatic rings. The summed E-state index contributed by atoms with van der Waals surface area (Å²) in [5.74, 6) is -0.482. The van der Waals surface area contributed by atoms with Crippen LogP contribution >= 0.6 is 0 Å². The summed E-state index contributed by atoms with van der Waals surface area (Å²) in [6.07, 6.45) is 3.08. The smallest absolute Gasteiger partial charge is 0.320 e. The number of hydrogen-bond donors (Lipinski definition) is 3. The number of nitrogens with zero attached hydrogens (tertiary/aromatic N) is 3. The number of carbonyl (C=O) groups is 1. The van der Waals surface area contributed by atoms with E-state index in [0.29, 0.717) is 0 Å². The fourth-order valence-corrected chi connectivity index (χ4v) is 3.97. The van der Waals surface area contributed by atoms with Crippen LogP contribution in [0.5, 0.6) is 0 Å². The maximum absolute atomic E-state index is 12.6. The van der Waals surface area contributed by atoms with Crippen molar-refractivity contribution in [2.75, 3.05) is 0 Å². The zero-order chi connectivity index (χ0) is 20.5. The van der Waals surface area contributed by atoms with Crippen LogP contribution in [0.15, 0.2) is 34.2 Å². The third-order valence-electron chi connectivity index (χ3n) is 4.79. The van der Waals surface area contributed by atoms with Crippen LogP contribution in [0.25, 0.3) is 0 Å². The Morgan fingerprint density at radius 2 is 1.82 bits per heavy atom. The molecule has 1 fully saturated rings. The highest BCUT2D eigenvalue weighted by atomic mass is 16.2. The van der Waals surface area contributed by atoms with Crippen LogP contribution in [-0.2, 0) is 0 Å². The normalized spacial score (nSPS) is 19.0. The van der Waals surface area contributed by atoms with E-state index in [4.69, 9.17) is 0 Å². The van der Waals surface area contributed by atoms with Crippen molar-refractivity contribution in [3.8, 4) is 0 Å². The van der Waals surface area contributed by atoms with Gasteiger partial charge in [0.1, 0.15) is 0 Å². The van der Waals surface area contributed by atoms with Crippen molar-refractivity contribution in [3.63, 3.8) is 0 Å². The van der Waals surface area contributed by atoms with Crippen LogP contribution in [0.2, 0.25) is 0 Å². The quantitative estimate of drug-likeness (QED) is 0.699. The Morgan fingerprint density at radius 3 is 2.43 bits per heavy atom. The molecule has 150 valence electrons. The molecule has 28 heavy (non-hydrogen) atoms. The molecule has 1 aromatic carbocycles. The summed E-state index contributed by atoms with van der Waals surface area (Å²) < 4.78 is 0. The molecule has 0 aliphatic carbocycles. The molecule has 1 aliphatic heterocycles. The number of aryl methyl sites for hydroxylation is 1. The van der Waals surface area contributed by atoms with Gasteiger partial charge in [-0.1, -0.05) is 29.8 Å². The highest BCUT2D eigenvalue weighted by Gasteiger charge is 2.38. The second-order valence-corrected chi connectivity index (χ2v) is 8.80. The Kier molecular flexibility index (Phi) is 5.25. The van der Waals surface area contributed by atoms with Gasteiger partial charge in [0.05, 0.1) is 6.21 Å². The molecule has 1 aliphatic rings. The fourth-order valence-electron chi connectivity index (χ4n) is 3.97. The Bertz CT molecular complexity index is 920. The van der Waals surface area contributed by atoms with Crippen molar-refractivity contribution in [3.05, 3.63) is 51.4 Å². The SMILES string of the molecule is Cc1ccc(C=Nn2[nH]nc(C(=O)NC3CC(C)(C)NC(C)(C)C3)c2=O)cc1. The number of carbonyl (C=O) groups excluding carboxylic acids is 1. The highest BCUT2D eigenvalue weighted by Crippen LogP contribution is 2.28. The van der Waals surface area contributed by atoms with Gasteiger partial charge in [-0.25, -0.2) is 0 Å². The second kappa shape index (κ2) is 7.35. The fraction of sp³-hybridized carbons (Fsp3) is 0.500. The standard InChI is InChI=1S/C20H28N6O2/c1-13-6-8-14(9-7-13)12-21-26-18(28)16(23-25-26)17(27)22-15-10-19(2,3)24-20(4,5)11-15/h6-9,12,15,24-25H,10-11H2,1-5H3,(H,22,27). The summed E-state index contributed by atoms with van der Waals surface area (Å²) in [6.45, 7) is 10.4. The average Bonchev–Trinajstić information content (AvgIpc) is 2.92. The molecule has 0 bridgehead atoms. The van der Waals surface area contributed by atoms with Crippen molar-refractivity contribution < 1.29 is 4.79 Å². The molecule has 0 spiro atoms. The number of aromatic nitrogens is 3. The maximum atomic E-state index is 12.6. The molecule has 0 saturated carbocycles. The van der Waals surface area contributed by atoms with Crippen molar-refractivity contribution in [1.82, 2.24) is 25.7 Å². The van der Waals surface area contributed by atoms with Crippen molar-refractivity contribution in [2.45, 2.75) is 64.6 Å². The molecule has 0 atom stereocenters. The minimum atomic E-state index is -0.576. The number of hydrogen-bond acceptors (Lipinski definition) is 5. The molecule has 8 nitrogen and oxygen atoms in total. The minimum absolute atomic E-state index is 0.0423. The van der Waals surface area contributed by atoms with E-state index < -0.39 is 11.5 Å². The number of amides is 1. The van der Waals surface area contributed by atoms with Gasteiger partial charge in [-0.2, -0.15) is 10.3 Å². The van der Waals surface area contributed by atoms with Gasteiger partial charge in [0, 0.05) is 17.1 Å². The van der Waals surface area contributed by atoms with Crippen LogP contribution in [-0.4, -0.2) is 44.3 Å². The Labute approximate surface area is 164 Å². The van der Waals surface area contributed by atoms with Crippen LogP contribution in [0.1, 0.15) is 62.2 Å². The third kappa shape index (κ3) is 4.75. The lowest BCUT2D eigenvalue weighted by molar-refractivity contribution is 0.0867. The van der Waals surface area contributed by atoms with E-state index in [2.05, 4.69) is 53.7 Å². The molecule has 0 unspecified atom stereocenters. The maximum Gasteiger partial charge on any atom is 0.320 e. The number of H-pyrrole nitrogens is 1. The highest BCUT2D eigenvalue weighted by molar-refractivity contribution is 5.92. The van der Waals surface area contributed by atoms with Crippen LogP contribution < -0.4 is 16.2 Å². The molecular weight excluding hydrogens is 356 g/mol. The van der Waals surface area contributed by atoms with E-state index in [1.165, 1.54) is 0 Å². The first kappa shape index (κ1) is 20.0. The topological polar surface area (TPSA) is 104 Å². The lowest BCUT2D eigenvalue weighted by atomic mass is 9.79. The number of aromatic amines is 1. The van der Waals surface area contributed by atoms with Crippen molar-refractivity contribution >= 4 is 12.1 Å². The zero-order valence-corrected chi connectivity index (χ0v) is 17.0. The predicted octanol–water partition coefficient (Wildman–Crippen LogP) is 1.80. The Balaban J connectivity index is 1.71. The Hall–Kier alpha value is -2.74. The average molecular weight is 384 g/mol. The summed E-state index contributed by atoms with van der Waals surface area (Å²) in [4.78, 5) is 26.0. The van der Waals surface area contributed by atoms with Gasteiger partial charge in [-0.15, -0.1) is 9.89 Å². The van der Waals surface area contributed by atoms with Gasteiger partial charge in [-0.05, 0) is 53.0 Å². The van der Waals surface area contributed by atoms with Crippen LogP contribution in [0.4, 0.5) is 0 Å². The van der Waals surface area contributed by atoms with E-state index in [1.807, 2.05) is 31.2 Å². The van der Waals surface area contributed by atoms with Gasteiger partial charge in [0.2, 0.25) is 5.69 Å². The molecule has 1 saturated heterocycles. The van der Waals surface area contributed by atoms with E-state index in [9.17, 15) is 9.59 Å². The summed E-state index contributed by atoms with van der Waals surface area (Å²) in [5, 5.41) is 16.9. The summed E-state index contributed by atoms with van der Waals surface area (Å²) in [6, 6.07) is 7.66. The summed E-state index contributed by atoms with van der Waals surface area (Å²) in [5.41, 5.74) is 1.01. The first-order valence-electron chi connectivity index (χ1n) is 9.43. The van der Waals surface area contributed by atoms with Crippen LogP contribution in [0, 0.1) is 6.92 Å². The van der Waals surface area contributed by atoms with E-state index in [0.717, 1.165) is 28.8 Å². The van der Waals surface area contributed by atoms with Gasteiger partial charge in [0.25, 0.3) is 5.91 Å². The monoisotopic (exact) mass is 384 g/mol. The number of nitrogens with one attached hydrogen (secondary N) is 3. The molecule has 0 radical (unpaired) electrons. The second-order valence-electron chi connectivity index (χ2n) is 8.80. The number of benzene rings is 1. The number of piperidine rings is 1. The molecular formula is C20H28N6O2. The Morgan fingerprint density at radius 1 is 1.21 bits per heavy atom. The van der Waals surface area contributed by atoms with E-state index >= 15 is 0 Å². The molecule has 1 aromatic heterocycles. The van der Waals surface area contributed by atoms with E-state index in [-0.39, 0.29) is 22.8 Å². The van der Waals surface area contributed by atoms with Gasteiger partial charge in [0.15, 0.2) is 0 Å². The first-order chi connectivity index (χ1) is 13.0. The van der Waals surface area contributed by atoms with Gasteiger partial charge < -0.3 is 10.6 Å². The minimum Gasteiger partial charge on any atom is -0.348 e. The lowest BCUT2D eigenvalue weighted by Crippen LogP contribution is -2.62. The molecule has 3 N–H and O–H groups in total. The largest absolute Gasteiger partial charge is 0.348 e.